The monoisotopic (exact) mass is 441 g/mol. The third kappa shape index (κ3) is 8.68. The summed E-state index contributed by atoms with van der Waals surface area (Å²) in [6, 6.07) is 17.2. The van der Waals surface area contributed by atoms with Gasteiger partial charge in [0.2, 0.25) is 10.0 Å². The number of aryl methyl sites for hydroxylation is 1. The number of sulfonamides is 1. The minimum absolute atomic E-state index is 0.119. The largest absolute Gasteiger partial charge is 0.457 e. The normalized spacial score (nSPS) is 12.1. The van der Waals surface area contributed by atoms with E-state index in [1.54, 1.807) is 13.8 Å². The second-order valence-electron chi connectivity index (χ2n) is 6.25. The lowest BCUT2D eigenvalue weighted by atomic mass is 10.1. The Morgan fingerprint density at radius 3 is 2.24 bits per heavy atom. The van der Waals surface area contributed by atoms with E-state index >= 15 is 0 Å². The molecule has 1 N–H and O–H groups in total. The number of ether oxygens (including phenoxy) is 1. The second-order valence-corrected chi connectivity index (χ2v) is 10.5. The van der Waals surface area contributed by atoms with Gasteiger partial charge in [-0.15, -0.1) is 0 Å². The first-order chi connectivity index (χ1) is 13.9. The summed E-state index contributed by atoms with van der Waals surface area (Å²) in [4.78, 5) is 0. The zero-order chi connectivity index (χ0) is 21.2. The molecule has 0 radical (unpaired) electrons. The van der Waals surface area contributed by atoms with Crippen LogP contribution in [0.3, 0.4) is 0 Å². The fourth-order valence-corrected chi connectivity index (χ4v) is 6.61. The molecule has 0 aliphatic rings. The summed E-state index contributed by atoms with van der Waals surface area (Å²) in [5.41, 5.74) is 0.356. The van der Waals surface area contributed by atoms with Gasteiger partial charge in [-0.25, -0.2) is 13.1 Å². The molecule has 0 unspecified atom stereocenters. The lowest BCUT2D eigenvalue weighted by Gasteiger charge is -2.17. The Labute approximate surface area is 173 Å². The van der Waals surface area contributed by atoms with E-state index in [0.29, 0.717) is 12.8 Å². The van der Waals surface area contributed by atoms with Crippen molar-refractivity contribution in [2.75, 3.05) is 25.3 Å². The number of rotatable bonds is 13. The van der Waals surface area contributed by atoms with Gasteiger partial charge in [-0.2, -0.15) is 0 Å². The van der Waals surface area contributed by atoms with Crippen molar-refractivity contribution >= 4 is 17.6 Å². The third-order valence-electron chi connectivity index (χ3n) is 3.82. The van der Waals surface area contributed by atoms with Crippen LogP contribution in [0.2, 0.25) is 0 Å². The van der Waals surface area contributed by atoms with Gasteiger partial charge in [-0.1, -0.05) is 30.3 Å². The molecule has 29 heavy (non-hydrogen) atoms. The van der Waals surface area contributed by atoms with E-state index < -0.39 is 23.1 Å². The summed E-state index contributed by atoms with van der Waals surface area (Å²) in [5.74, 6) is 1.48. The highest BCUT2D eigenvalue weighted by molar-refractivity contribution is 7.96. The molecular formula is C20H28NO6PS. The number of para-hydroxylation sites is 1. The van der Waals surface area contributed by atoms with Gasteiger partial charge >= 0.3 is 7.60 Å². The zero-order valence-electron chi connectivity index (χ0n) is 16.7. The Bertz CT molecular complexity index is 894. The van der Waals surface area contributed by atoms with E-state index in [1.807, 2.05) is 54.6 Å². The molecule has 0 aromatic heterocycles. The molecule has 0 atom stereocenters. The summed E-state index contributed by atoms with van der Waals surface area (Å²) < 4.78 is 55.2. The summed E-state index contributed by atoms with van der Waals surface area (Å²) in [7, 11) is -7.43. The van der Waals surface area contributed by atoms with Crippen LogP contribution < -0.4 is 9.46 Å². The molecule has 0 aliphatic heterocycles. The van der Waals surface area contributed by atoms with Crippen LogP contribution in [0.4, 0.5) is 0 Å². The van der Waals surface area contributed by atoms with E-state index in [1.165, 1.54) is 0 Å². The molecule has 9 heteroatoms. The molecule has 7 nitrogen and oxygen atoms in total. The third-order valence-corrected chi connectivity index (χ3v) is 8.39. The predicted molar refractivity (Wildman–Crippen MR) is 114 cm³/mol. The standard InChI is InChI=1S/C20H28NO6PS/c1-3-25-28(22,26-4-2)17-29(23,24)21-15-9-11-18-10-8-14-20(16-18)27-19-12-6-5-7-13-19/h5-8,10,12-14,16,21H,3-4,9,11,15,17H2,1-2H3. The van der Waals surface area contributed by atoms with Gasteiger partial charge < -0.3 is 13.8 Å². The van der Waals surface area contributed by atoms with Crippen LogP contribution >= 0.6 is 7.60 Å². The SMILES string of the molecule is CCOP(=O)(CS(=O)(=O)NCCCc1cccc(Oc2ccccc2)c1)OCC. The fraction of sp³-hybridized carbons (Fsp3) is 0.400. The van der Waals surface area contributed by atoms with E-state index in [2.05, 4.69) is 4.72 Å². The first-order valence-electron chi connectivity index (χ1n) is 9.53. The van der Waals surface area contributed by atoms with Gasteiger partial charge in [0, 0.05) is 6.54 Å². The summed E-state index contributed by atoms with van der Waals surface area (Å²) in [6.45, 7) is 3.75. The van der Waals surface area contributed by atoms with Gasteiger partial charge in [0.05, 0.1) is 13.2 Å². The number of nitrogens with one attached hydrogen (secondary N) is 1. The van der Waals surface area contributed by atoms with Crippen molar-refractivity contribution in [3.63, 3.8) is 0 Å². The van der Waals surface area contributed by atoms with Crippen LogP contribution in [-0.4, -0.2) is 33.7 Å². The van der Waals surface area contributed by atoms with Crippen molar-refractivity contribution in [2.45, 2.75) is 26.7 Å². The molecular weight excluding hydrogens is 413 g/mol. The van der Waals surface area contributed by atoms with Crippen molar-refractivity contribution in [2.24, 2.45) is 0 Å². The fourth-order valence-electron chi connectivity index (χ4n) is 2.67. The number of hydrogen-bond donors (Lipinski definition) is 1. The van der Waals surface area contributed by atoms with Gasteiger partial charge in [-0.3, -0.25) is 4.57 Å². The Morgan fingerprint density at radius 1 is 0.931 bits per heavy atom. The lowest BCUT2D eigenvalue weighted by molar-refractivity contribution is 0.223. The molecule has 0 saturated heterocycles. The minimum Gasteiger partial charge on any atom is -0.457 e. The molecule has 0 fully saturated rings. The average molecular weight is 441 g/mol. The average Bonchev–Trinajstić information content (AvgIpc) is 2.66. The summed E-state index contributed by atoms with van der Waals surface area (Å²) >= 11 is 0. The molecule has 0 bridgehead atoms. The Hall–Kier alpha value is -1.70. The molecule has 2 rings (SSSR count). The van der Waals surface area contributed by atoms with Crippen LogP contribution in [-0.2, 0) is 30.1 Å². The highest BCUT2D eigenvalue weighted by Crippen LogP contribution is 2.48. The lowest BCUT2D eigenvalue weighted by Crippen LogP contribution is -2.28. The van der Waals surface area contributed by atoms with Crippen molar-refractivity contribution in [3.8, 4) is 11.5 Å². The first kappa shape index (κ1) is 23.6. The van der Waals surface area contributed by atoms with Crippen LogP contribution in [0.1, 0.15) is 25.8 Å². The summed E-state index contributed by atoms with van der Waals surface area (Å²) in [5, 5.41) is 0. The number of benzene rings is 2. The Morgan fingerprint density at radius 2 is 1.59 bits per heavy atom. The van der Waals surface area contributed by atoms with Crippen molar-refractivity contribution in [3.05, 3.63) is 60.2 Å². The van der Waals surface area contributed by atoms with Crippen LogP contribution in [0.5, 0.6) is 11.5 Å². The molecule has 0 amide bonds. The van der Waals surface area contributed by atoms with Crippen molar-refractivity contribution in [1.29, 1.82) is 0 Å². The second kappa shape index (κ2) is 11.5. The molecule has 0 heterocycles. The van der Waals surface area contributed by atoms with Gasteiger partial charge in [-0.05, 0) is 56.5 Å². The molecule has 160 valence electrons. The highest BCUT2D eigenvalue weighted by Gasteiger charge is 2.31. The molecule has 0 aliphatic carbocycles. The van der Waals surface area contributed by atoms with Gasteiger partial charge in [0.1, 0.15) is 11.5 Å². The molecule has 0 spiro atoms. The van der Waals surface area contributed by atoms with Crippen molar-refractivity contribution < 1.29 is 26.8 Å². The molecule has 2 aromatic rings. The topological polar surface area (TPSA) is 90.9 Å². The van der Waals surface area contributed by atoms with E-state index in [9.17, 15) is 13.0 Å². The first-order valence-corrected chi connectivity index (χ1v) is 12.9. The van der Waals surface area contributed by atoms with Crippen LogP contribution in [0.25, 0.3) is 0 Å². The zero-order valence-corrected chi connectivity index (χ0v) is 18.5. The number of hydrogen-bond acceptors (Lipinski definition) is 6. The molecule has 2 aromatic carbocycles. The maximum atomic E-state index is 12.4. The minimum atomic E-state index is -3.77. The Kier molecular flexibility index (Phi) is 9.33. The van der Waals surface area contributed by atoms with Gasteiger partial charge in [0.25, 0.3) is 0 Å². The Balaban J connectivity index is 1.83. The highest BCUT2D eigenvalue weighted by atomic mass is 32.2. The van der Waals surface area contributed by atoms with E-state index in [0.717, 1.165) is 17.1 Å². The van der Waals surface area contributed by atoms with Crippen LogP contribution in [0.15, 0.2) is 54.6 Å². The quantitative estimate of drug-likeness (QED) is 0.362. The van der Waals surface area contributed by atoms with E-state index in [-0.39, 0.29) is 19.8 Å². The van der Waals surface area contributed by atoms with E-state index in [4.69, 9.17) is 13.8 Å². The molecule has 0 saturated carbocycles. The van der Waals surface area contributed by atoms with Gasteiger partial charge in [0.15, 0.2) is 5.49 Å². The van der Waals surface area contributed by atoms with Crippen molar-refractivity contribution in [1.82, 2.24) is 4.72 Å². The smallest absolute Gasteiger partial charge is 0.347 e. The maximum absolute atomic E-state index is 12.4. The predicted octanol–water partition coefficient (Wildman–Crippen LogP) is 4.55. The van der Waals surface area contributed by atoms with Crippen LogP contribution in [0, 0.1) is 0 Å². The maximum Gasteiger partial charge on any atom is 0.347 e. The summed E-state index contributed by atoms with van der Waals surface area (Å²) in [6.07, 6.45) is 1.25.